The van der Waals surface area contributed by atoms with Crippen LogP contribution in [-0.4, -0.2) is 30.0 Å². The molecule has 0 radical (unpaired) electrons. The van der Waals surface area contributed by atoms with Crippen molar-refractivity contribution in [2.75, 3.05) is 19.2 Å². The number of aromatic carboxylic acids is 1. The predicted molar refractivity (Wildman–Crippen MR) is 78.4 cm³/mol. The van der Waals surface area contributed by atoms with Crippen LogP contribution in [0.4, 0.5) is 11.5 Å². The fraction of sp³-hybridized carbons (Fsp3) is 0.143. The Bertz CT molecular complexity index is 649. The average Bonchev–Trinajstić information content (AvgIpc) is 2.48. The summed E-state index contributed by atoms with van der Waals surface area (Å²) in [4.78, 5) is 15.4. The molecule has 0 saturated heterocycles. The molecule has 0 aliphatic rings. The molecule has 0 spiro atoms. The highest BCUT2D eigenvalue weighted by Gasteiger charge is 2.16. The molecule has 21 heavy (non-hydrogen) atoms. The number of ether oxygens (including phenoxy) is 2. The average molecular weight is 309 g/mol. The number of para-hydroxylation sites is 1. The molecule has 0 amide bonds. The van der Waals surface area contributed by atoms with Gasteiger partial charge >= 0.3 is 5.97 Å². The number of nitrogens with one attached hydrogen (secondary N) is 1. The van der Waals surface area contributed by atoms with Crippen molar-refractivity contribution in [2.24, 2.45) is 0 Å². The Kier molecular flexibility index (Phi) is 4.97. The van der Waals surface area contributed by atoms with E-state index < -0.39 is 5.97 Å². The summed E-state index contributed by atoms with van der Waals surface area (Å²) in [6, 6.07) is 8.08. The first kappa shape index (κ1) is 15.1. The Balaban J connectivity index is 2.40. The first-order valence-corrected chi connectivity index (χ1v) is 6.37. The SMILES string of the molecule is COCOc1c(Nc2ncccc2Cl)cccc1C(=O)O. The lowest BCUT2D eigenvalue weighted by molar-refractivity contribution is 0.0488. The molecule has 0 unspecified atom stereocenters. The Hall–Kier alpha value is -2.31. The molecular weight excluding hydrogens is 296 g/mol. The highest BCUT2D eigenvalue weighted by Crippen LogP contribution is 2.33. The van der Waals surface area contributed by atoms with Gasteiger partial charge in [-0.25, -0.2) is 9.78 Å². The zero-order valence-electron chi connectivity index (χ0n) is 11.2. The van der Waals surface area contributed by atoms with E-state index in [0.29, 0.717) is 16.5 Å². The molecule has 0 aliphatic carbocycles. The van der Waals surface area contributed by atoms with Crippen LogP contribution in [0.5, 0.6) is 5.75 Å². The van der Waals surface area contributed by atoms with Gasteiger partial charge in [-0.1, -0.05) is 17.7 Å². The maximum Gasteiger partial charge on any atom is 0.339 e. The number of benzene rings is 1. The number of aromatic nitrogens is 1. The molecule has 0 bridgehead atoms. The second-order valence-corrected chi connectivity index (χ2v) is 4.40. The highest BCUT2D eigenvalue weighted by atomic mass is 35.5. The lowest BCUT2D eigenvalue weighted by Crippen LogP contribution is -2.08. The number of carboxylic acids is 1. The van der Waals surface area contributed by atoms with Gasteiger partial charge in [0.2, 0.25) is 0 Å². The van der Waals surface area contributed by atoms with E-state index in [1.54, 1.807) is 30.5 Å². The number of hydrogen-bond donors (Lipinski definition) is 2. The maximum atomic E-state index is 11.3. The van der Waals surface area contributed by atoms with E-state index in [-0.39, 0.29) is 18.1 Å². The molecule has 0 fully saturated rings. The van der Waals surface area contributed by atoms with E-state index >= 15 is 0 Å². The van der Waals surface area contributed by atoms with Crippen LogP contribution in [0.3, 0.4) is 0 Å². The standard InChI is InChI=1S/C14H13ClN2O4/c1-20-8-21-12-9(14(18)19)4-2-6-11(12)17-13-10(15)5-3-7-16-13/h2-7H,8H2,1H3,(H,16,17)(H,18,19). The Labute approximate surface area is 126 Å². The number of methoxy groups -OCH3 is 1. The number of hydrogen-bond acceptors (Lipinski definition) is 5. The molecule has 1 aromatic carbocycles. The quantitative estimate of drug-likeness (QED) is 0.798. The van der Waals surface area contributed by atoms with Gasteiger partial charge in [0.05, 0.1) is 10.7 Å². The van der Waals surface area contributed by atoms with E-state index in [9.17, 15) is 9.90 Å². The topological polar surface area (TPSA) is 80.7 Å². The number of rotatable bonds is 6. The number of halogens is 1. The Morgan fingerprint density at radius 3 is 2.86 bits per heavy atom. The summed E-state index contributed by atoms with van der Waals surface area (Å²) in [7, 11) is 1.45. The van der Waals surface area contributed by atoms with Crippen LogP contribution in [0, 0.1) is 0 Å². The molecular formula is C14H13ClN2O4. The van der Waals surface area contributed by atoms with Crippen molar-refractivity contribution < 1.29 is 19.4 Å². The third kappa shape index (κ3) is 3.62. The van der Waals surface area contributed by atoms with Crippen molar-refractivity contribution in [3.05, 3.63) is 47.1 Å². The minimum absolute atomic E-state index is 0.0177. The van der Waals surface area contributed by atoms with Crippen molar-refractivity contribution in [2.45, 2.75) is 0 Å². The van der Waals surface area contributed by atoms with Crippen molar-refractivity contribution in [1.29, 1.82) is 0 Å². The molecule has 110 valence electrons. The molecule has 6 nitrogen and oxygen atoms in total. The maximum absolute atomic E-state index is 11.3. The summed E-state index contributed by atoms with van der Waals surface area (Å²) in [5.74, 6) is -0.533. The van der Waals surface area contributed by atoms with Crippen LogP contribution in [-0.2, 0) is 4.74 Å². The van der Waals surface area contributed by atoms with Crippen molar-refractivity contribution in [3.63, 3.8) is 0 Å². The predicted octanol–water partition coefficient (Wildman–Crippen LogP) is 3.16. The number of carbonyl (C=O) groups is 1. The van der Waals surface area contributed by atoms with E-state index in [1.807, 2.05) is 0 Å². The molecule has 7 heteroatoms. The van der Waals surface area contributed by atoms with Gasteiger partial charge in [0.15, 0.2) is 12.5 Å². The largest absolute Gasteiger partial charge is 0.478 e. The van der Waals surface area contributed by atoms with Crippen LogP contribution in [0.1, 0.15) is 10.4 Å². The van der Waals surface area contributed by atoms with Gasteiger partial charge in [-0.2, -0.15) is 0 Å². The molecule has 0 aliphatic heterocycles. The van der Waals surface area contributed by atoms with Gasteiger partial charge in [-0.05, 0) is 24.3 Å². The van der Waals surface area contributed by atoms with Crippen LogP contribution in [0.15, 0.2) is 36.5 Å². The molecule has 1 aromatic heterocycles. The van der Waals surface area contributed by atoms with E-state index in [2.05, 4.69) is 10.3 Å². The summed E-state index contributed by atoms with van der Waals surface area (Å²) in [6.07, 6.45) is 1.57. The fourth-order valence-corrected chi connectivity index (χ4v) is 1.85. The molecule has 2 N–H and O–H groups in total. The number of carboxylic acid groups (broad SMARTS) is 1. The van der Waals surface area contributed by atoms with Crippen molar-refractivity contribution >= 4 is 29.1 Å². The smallest absolute Gasteiger partial charge is 0.339 e. The van der Waals surface area contributed by atoms with E-state index in [0.717, 1.165) is 0 Å². The molecule has 2 rings (SSSR count). The summed E-state index contributed by atoms with van der Waals surface area (Å²) in [5.41, 5.74) is 0.455. The summed E-state index contributed by atoms with van der Waals surface area (Å²) >= 11 is 6.03. The molecule has 1 heterocycles. The fourth-order valence-electron chi connectivity index (χ4n) is 1.68. The first-order valence-electron chi connectivity index (χ1n) is 5.99. The third-order valence-electron chi connectivity index (χ3n) is 2.58. The lowest BCUT2D eigenvalue weighted by Gasteiger charge is -2.15. The first-order chi connectivity index (χ1) is 10.1. The monoisotopic (exact) mass is 308 g/mol. The van der Waals surface area contributed by atoms with Crippen molar-refractivity contribution in [3.8, 4) is 5.75 Å². The molecule has 0 saturated carbocycles. The highest BCUT2D eigenvalue weighted by molar-refractivity contribution is 6.33. The Morgan fingerprint density at radius 2 is 2.19 bits per heavy atom. The van der Waals surface area contributed by atoms with E-state index in [4.69, 9.17) is 21.1 Å². The van der Waals surface area contributed by atoms with Crippen LogP contribution >= 0.6 is 11.6 Å². The van der Waals surface area contributed by atoms with Crippen molar-refractivity contribution in [1.82, 2.24) is 4.98 Å². The minimum Gasteiger partial charge on any atom is -0.478 e. The second kappa shape index (κ2) is 6.92. The molecule has 0 atom stereocenters. The van der Waals surface area contributed by atoms with Crippen LogP contribution in [0.2, 0.25) is 5.02 Å². The van der Waals surface area contributed by atoms with Gasteiger partial charge in [0.1, 0.15) is 11.4 Å². The summed E-state index contributed by atoms with van der Waals surface area (Å²) in [6.45, 7) is -0.0745. The second-order valence-electron chi connectivity index (χ2n) is 4.00. The van der Waals surface area contributed by atoms with Crippen LogP contribution in [0.25, 0.3) is 0 Å². The minimum atomic E-state index is -1.10. The van der Waals surface area contributed by atoms with Gasteiger partial charge in [0, 0.05) is 13.3 Å². The number of nitrogens with zero attached hydrogens (tertiary/aromatic N) is 1. The van der Waals surface area contributed by atoms with Crippen LogP contribution < -0.4 is 10.1 Å². The van der Waals surface area contributed by atoms with E-state index in [1.165, 1.54) is 13.2 Å². The van der Waals surface area contributed by atoms with Gasteiger partial charge in [-0.15, -0.1) is 0 Å². The van der Waals surface area contributed by atoms with Gasteiger partial charge in [0.25, 0.3) is 0 Å². The normalized spacial score (nSPS) is 10.2. The lowest BCUT2D eigenvalue weighted by atomic mass is 10.1. The zero-order chi connectivity index (χ0) is 15.2. The van der Waals surface area contributed by atoms with Gasteiger partial charge in [-0.3, -0.25) is 0 Å². The number of anilines is 2. The Morgan fingerprint density at radius 1 is 1.38 bits per heavy atom. The molecule has 2 aromatic rings. The van der Waals surface area contributed by atoms with Gasteiger partial charge < -0.3 is 19.9 Å². The number of pyridine rings is 1. The summed E-state index contributed by atoms with van der Waals surface area (Å²) in [5, 5.41) is 12.6. The summed E-state index contributed by atoms with van der Waals surface area (Å²) < 4.78 is 10.2. The third-order valence-corrected chi connectivity index (χ3v) is 2.88. The zero-order valence-corrected chi connectivity index (χ0v) is 11.9.